The highest BCUT2D eigenvalue weighted by Gasteiger charge is 2.29. The van der Waals surface area contributed by atoms with Crippen molar-refractivity contribution in [2.75, 3.05) is 0 Å². The highest BCUT2D eigenvalue weighted by Crippen LogP contribution is 2.28. The second-order valence-electron chi connectivity index (χ2n) is 6.27. The number of para-hydroxylation sites is 1. The number of Topliss-reactive ketones (excluding diaryl/α,β-unsaturated/α-hetero) is 1. The maximum Gasteiger partial charge on any atom is 0.276 e. The predicted molar refractivity (Wildman–Crippen MR) is 112 cm³/mol. The molecule has 0 radical (unpaired) electrons. The van der Waals surface area contributed by atoms with Crippen LogP contribution in [0.5, 0.6) is 0 Å². The Balaban J connectivity index is 2.21. The zero-order valence-electron chi connectivity index (χ0n) is 15.7. The lowest BCUT2D eigenvalue weighted by Gasteiger charge is -2.09. The Morgan fingerprint density at radius 1 is 0.774 bits per heavy atom. The number of nitrogens with zero attached hydrogens (tertiary/aromatic N) is 2. The van der Waals surface area contributed by atoms with E-state index in [1.807, 2.05) is 0 Å². The number of allylic oxidation sites excluding steroid dienone is 1. The first-order valence-electron chi connectivity index (χ1n) is 8.76. The number of carbonyl (C=O) groups is 1. The van der Waals surface area contributed by atoms with Gasteiger partial charge in [-0.2, -0.15) is 0 Å². The molecule has 0 aromatic heterocycles. The third kappa shape index (κ3) is 4.54. The van der Waals surface area contributed by atoms with E-state index in [0.717, 1.165) is 30.3 Å². The summed E-state index contributed by atoms with van der Waals surface area (Å²) in [5.41, 5.74) is -0.835. The second-order valence-corrected chi connectivity index (χ2v) is 8.19. The van der Waals surface area contributed by atoms with Crippen molar-refractivity contribution in [1.29, 1.82) is 0 Å². The number of nitro groups is 2. The molecule has 0 aliphatic carbocycles. The van der Waals surface area contributed by atoms with Gasteiger partial charge in [-0.1, -0.05) is 30.3 Å². The van der Waals surface area contributed by atoms with Crippen LogP contribution in [0.2, 0.25) is 0 Å². The molecule has 9 nitrogen and oxygen atoms in total. The quantitative estimate of drug-likeness (QED) is 0.233. The third-order valence-corrected chi connectivity index (χ3v) is 6.10. The molecule has 0 heterocycles. The van der Waals surface area contributed by atoms with Crippen LogP contribution in [-0.4, -0.2) is 24.0 Å². The number of carbonyl (C=O) groups excluding carboxylic acids is 1. The lowest BCUT2D eigenvalue weighted by molar-refractivity contribution is -0.385. The summed E-state index contributed by atoms with van der Waals surface area (Å²) < 4.78 is 26.5. The van der Waals surface area contributed by atoms with Gasteiger partial charge in [0, 0.05) is 23.8 Å². The van der Waals surface area contributed by atoms with E-state index in [-0.39, 0.29) is 27.4 Å². The maximum atomic E-state index is 13.2. The second kappa shape index (κ2) is 8.67. The van der Waals surface area contributed by atoms with E-state index >= 15 is 0 Å². The van der Waals surface area contributed by atoms with Crippen LogP contribution in [0, 0.1) is 20.2 Å². The number of ketones is 1. The summed E-state index contributed by atoms with van der Waals surface area (Å²) in [6.07, 6.45) is 0.949. The molecule has 0 saturated heterocycles. The Hall–Kier alpha value is -4.18. The third-order valence-electron chi connectivity index (χ3n) is 4.33. The van der Waals surface area contributed by atoms with E-state index in [1.165, 1.54) is 48.5 Å². The fourth-order valence-electron chi connectivity index (χ4n) is 2.79. The molecule has 0 aliphatic rings. The summed E-state index contributed by atoms with van der Waals surface area (Å²) in [5, 5.41) is 22.2. The Labute approximate surface area is 176 Å². The summed E-state index contributed by atoms with van der Waals surface area (Å²) in [7, 11) is -4.36. The molecule has 0 spiro atoms. The van der Waals surface area contributed by atoms with E-state index in [1.54, 1.807) is 6.07 Å². The minimum atomic E-state index is -4.36. The molecule has 156 valence electrons. The van der Waals surface area contributed by atoms with Crippen molar-refractivity contribution in [2.24, 2.45) is 0 Å². The van der Waals surface area contributed by atoms with Crippen molar-refractivity contribution in [2.45, 2.75) is 4.90 Å². The Morgan fingerprint density at radius 2 is 1.35 bits per heavy atom. The van der Waals surface area contributed by atoms with Gasteiger partial charge in [0.25, 0.3) is 11.4 Å². The average Bonchev–Trinajstić information content (AvgIpc) is 2.77. The molecule has 0 aliphatic heterocycles. The SMILES string of the molecule is O=C(C(=Cc1ccccc1[N+](=O)[O-])S(=O)(=O)c1ccccc1)c1ccc([N+](=O)[O-])cc1. The summed E-state index contributed by atoms with van der Waals surface area (Å²) >= 11 is 0. The van der Waals surface area contributed by atoms with Crippen LogP contribution in [-0.2, 0) is 9.84 Å². The summed E-state index contributed by atoms with van der Waals surface area (Å²) in [6, 6.07) is 17.0. The van der Waals surface area contributed by atoms with Gasteiger partial charge in [-0.3, -0.25) is 25.0 Å². The molecule has 0 amide bonds. The molecule has 31 heavy (non-hydrogen) atoms. The first kappa shape index (κ1) is 21.5. The van der Waals surface area contributed by atoms with Gasteiger partial charge in [-0.05, 0) is 36.4 Å². The van der Waals surface area contributed by atoms with Crippen molar-refractivity contribution in [1.82, 2.24) is 0 Å². The molecular weight excluding hydrogens is 424 g/mol. The van der Waals surface area contributed by atoms with Gasteiger partial charge < -0.3 is 0 Å². The van der Waals surface area contributed by atoms with Crippen molar-refractivity contribution in [3.8, 4) is 0 Å². The smallest absolute Gasteiger partial charge is 0.276 e. The van der Waals surface area contributed by atoms with Gasteiger partial charge in [-0.15, -0.1) is 0 Å². The monoisotopic (exact) mass is 438 g/mol. The number of hydrogen-bond acceptors (Lipinski definition) is 7. The molecule has 0 atom stereocenters. The summed E-state index contributed by atoms with van der Waals surface area (Å²) in [6.45, 7) is 0. The van der Waals surface area contributed by atoms with Crippen LogP contribution < -0.4 is 0 Å². The van der Waals surface area contributed by atoms with Crippen LogP contribution in [0.25, 0.3) is 6.08 Å². The van der Waals surface area contributed by atoms with Gasteiger partial charge in [-0.25, -0.2) is 8.42 Å². The largest absolute Gasteiger partial charge is 0.288 e. The first-order valence-corrected chi connectivity index (χ1v) is 10.2. The zero-order valence-corrected chi connectivity index (χ0v) is 16.6. The molecule has 0 unspecified atom stereocenters. The minimum Gasteiger partial charge on any atom is -0.288 e. The van der Waals surface area contributed by atoms with Crippen LogP contribution >= 0.6 is 0 Å². The van der Waals surface area contributed by atoms with Crippen molar-refractivity contribution in [3.63, 3.8) is 0 Å². The Kier molecular flexibility index (Phi) is 6.02. The van der Waals surface area contributed by atoms with E-state index in [4.69, 9.17) is 0 Å². The number of sulfone groups is 1. The van der Waals surface area contributed by atoms with E-state index in [0.29, 0.717) is 0 Å². The molecule has 0 fully saturated rings. The van der Waals surface area contributed by atoms with Crippen LogP contribution in [0.3, 0.4) is 0 Å². The van der Waals surface area contributed by atoms with Crippen LogP contribution in [0.15, 0.2) is 88.7 Å². The van der Waals surface area contributed by atoms with E-state index < -0.39 is 30.4 Å². The molecule has 0 N–H and O–H groups in total. The fraction of sp³-hybridized carbons (Fsp3) is 0. The van der Waals surface area contributed by atoms with Gasteiger partial charge in [0.05, 0.1) is 20.3 Å². The first-order chi connectivity index (χ1) is 14.7. The minimum absolute atomic E-state index is 0.0720. The zero-order chi connectivity index (χ0) is 22.6. The van der Waals surface area contributed by atoms with Crippen LogP contribution in [0.1, 0.15) is 15.9 Å². The number of nitro benzene ring substituents is 2. The van der Waals surface area contributed by atoms with E-state index in [9.17, 15) is 33.4 Å². The number of non-ortho nitro benzene ring substituents is 1. The van der Waals surface area contributed by atoms with Crippen molar-refractivity contribution >= 4 is 33.1 Å². The molecule has 0 saturated carbocycles. The maximum absolute atomic E-state index is 13.2. The van der Waals surface area contributed by atoms with E-state index in [2.05, 4.69) is 0 Å². The molecule has 10 heteroatoms. The topological polar surface area (TPSA) is 137 Å². The summed E-state index contributed by atoms with van der Waals surface area (Å²) in [4.78, 5) is 33.1. The van der Waals surface area contributed by atoms with Crippen molar-refractivity contribution < 1.29 is 23.1 Å². The summed E-state index contributed by atoms with van der Waals surface area (Å²) in [5.74, 6) is -0.947. The molecule has 3 aromatic rings. The lowest BCUT2D eigenvalue weighted by Crippen LogP contribution is -2.14. The van der Waals surface area contributed by atoms with Crippen LogP contribution in [0.4, 0.5) is 11.4 Å². The average molecular weight is 438 g/mol. The Bertz CT molecular complexity index is 1300. The van der Waals surface area contributed by atoms with Gasteiger partial charge in [0.15, 0.2) is 0 Å². The number of hydrogen-bond donors (Lipinski definition) is 0. The van der Waals surface area contributed by atoms with Gasteiger partial charge in [0.1, 0.15) is 4.91 Å². The standard InChI is InChI=1S/C21H14N2O7S/c24-21(15-10-12-17(13-11-15)22(25)26)20(31(29,30)18-7-2-1-3-8-18)14-16-6-4-5-9-19(16)23(27)28/h1-14H. The highest BCUT2D eigenvalue weighted by molar-refractivity contribution is 7.96. The predicted octanol–water partition coefficient (Wildman–Crippen LogP) is 4.20. The number of benzene rings is 3. The lowest BCUT2D eigenvalue weighted by atomic mass is 10.1. The molecule has 3 rings (SSSR count). The van der Waals surface area contributed by atoms with Gasteiger partial charge >= 0.3 is 0 Å². The van der Waals surface area contributed by atoms with Gasteiger partial charge in [0.2, 0.25) is 15.6 Å². The highest BCUT2D eigenvalue weighted by atomic mass is 32.2. The normalized spacial score (nSPS) is 11.7. The molecular formula is C21H14N2O7S. The molecule has 3 aromatic carbocycles. The molecule has 0 bridgehead atoms. The van der Waals surface area contributed by atoms with Crippen molar-refractivity contribution in [3.05, 3.63) is 115 Å². The number of rotatable bonds is 7. The fourth-order valence-corrected chi connectivity index (χ4v) is 4.20. The Morgan fingerprint density at radius 3 is 1.94 bits per heavy atom.